The number of hydrogen-bond acceptors (Lipinski definition) is 4. The fourth-order valence-corrected chi connectivity index (χ4v) is 4.27. The van der Waals surface area contributed by atoms with Crippen LogP contribution < -0.4 is 4.74 Å². The average Bonchev–Trinajstić information content (AvgIpc) is 2.65. The molecule has 0 fully saturated rings. The van der Waals surface area contributed by atoms with Crippen LogP contribution in [-0.4, -0.2) is 25.0 Å². The molecule has 0 spiro atoms. The van der Waals surface area contributed by atoms with Gasteiger partial charge in [-0.3, -0.25) is 0 Å². The van der Waals surface area contributed by atoms with Gasteiger partial charge in [0.25, 0.3) is 0 Å². The lowest BCUT2D eigenvalue weighted by atomic mass is 10.0. The number of rotatable bonds is 5. The molecule has 0 amide bonds. The van der Waals surface area contributed by atoms with Gasteiger partial charge in [0.2, 0.25) is 10.0 Å². The molecule has 0 atom stereocenters. The second kappa shape index (κ2) is 7.81. The van der Waals surface area contributed by atoms with Gasteiger partial charge in [-0.1, -0.05) is 6.07 Å². The maximum atomic E-state index is 12.6. The molecule has 0 saturated carbocycles. The van der Waals surface area contributed by atoms with Gasteiger partial charge < -0.3 is 4.74 Å². The number of sulfonamides is 1. The van der Waals surface area contributed by atoms with E-state index in [0.717, 1.165) is 23.3 Å². The molecule has 5 nitrogen and oxygen atoms in total. The Hall–Kier alpha value is -2.57. The van der Waals surface area contributed by atoms with Crippen LogP contribution in [0.1, 0.15) is 23.1 Å². The largest absolute Gasteiger partial charge is 0.457 e. The molecule has 0 radical (unpaired) electrons. The Morgan fingerprint density at radius 2 is 1.75 bits per heavy atom. The number of halogens is 3. The summed E-state index contributed by atoms with van der Waals surface area (Å²) in [6, 6.07) is 11.4. The Labute approximate surface area is 161 Å². The second-order valence-electron chi connectivity index (χ2n) is 6.36. The Balaban J connectivity index is 1.75. The van der Waals surface area contributed by atoms with E-state index in [9.17, 15) is 21.6 Å². The van der Waals surface area contributed by atoms with Crippen molar-refractivity contribution in [1.82, 2.24) is 4.31 Å². The highest BCUT2D eigenvalue weighted by Crippen LogP contribution is 2.32. The SMILES string of the molecule is N#CCCS(=O)(=O)N1CCc2ccc(Oc3ccc(C(F)(F)F)cc3)cc2C1. The van der Waals surface area contributed by atoms with E-state index in [4.69, 9.17) is 10.00 Å². The molecule has 0 bridgehead atoms. The maximum Gasteiger partial charge on any atom is 0.416 e. The minimum atomic E-state index is -4.41. The molecule has 9 heteroatoms. The van der Waals surface area contributed by atoms with Crippen molar-refractivity contribution in [3.63, 3.8) is 0 Å². The molecular formula is C19H17F3N2O3S. The predicted molar refractivity (Wildman–Crippen MR) is 96.1 cm³/mol. The third kappa shape index (κ3) is 4.64. The van der Waals surface area contributed by atoms with Gasteiger partial charge in [0.15, 0.2) is 0 Å². The summed E-state index contributed by atoms with van der Waals surface area (Å²) >= 11 is 0. The number of nitrogens with zero attached hydrogens (tertiary/aromatic N) is 2. The highest BCUT2D eigenvalue weighted by atomic mass is 32.2. The van der Waals surface area contributed by atoms with Gasteiger partial charge in [-0.25, -0.2) is 8.42 Å². The first kappa shape index (κ1) is 20.2. The number of alkyl halides is 3. The van der Waals surface area contributed by atoms with Crippen molar-refractivity contribution in [1.29, 1.82) is 5.26 Å². The summed E-state index contributed by atoms with van der Waals surface area (Å²) in [4.78, 5) is 0. The normalized spacial score (nSPS) is 14.9. The predicted octanol–water partition coefficient (Wildman–Crippen LogP) is 4.10. The maximum absolute atomic E-state index is 12.6. The fraction of sp³-hybridized carbons (Fsp3) is 0.316. The average molecular weight is 410 g/mol. The molecule has 1 heterocycles. The number of nitriles is 1. The summed E-state index contributed by atoms with van der Waals surface area (Å²) in [5.74, 6) is 0.442. The first-order valence-corrected chi connectivity index (χ1v) is 10.1. The standard InChI is InChI=1S/C19H17F3N2O3S/c20-19(21,22)16-3-6-17(7-4-16)27-18-5-2-14-8-10-24(13-15(14)12-18)28(25,26)11-1-9-23/h2-7,12H,1,8,10-11,13H2. The van der Waals surface area contributed by atoms with Gasteiger partial charge in [-0.05, 0) is 53.9 Å². The van der Waals surface area contributed by atoms with Gasteiger partial charge in [0, 0.05) is 13.1 Å². The number of benzene rings is 2. The van der Waals surface area contributed by atoms with E-state index >= 15 is 0 Å². The van der Waals surface area contributed by atoms with E-state index in [0.29, 0.717) is 18.7 Å². The molecule has 0 saturated heterocycles. The molecule has 0 aromatic heterocycles. The summed E-state index contributed by atoms with van der Waals surface area (Å²) in [6.07, 6.45) is -3.94. The minimum Gasteiger partial charge on any atom is -0.457 e. The lowest BCUT2D eigenvalue weighted by molar-refractivity contribution is -0.137. The topological polar surface area (TPSA) is 70.4 Å². The molecule has 0 aliphatic carbocycles. The van der Waals surface area contributed by atoms with Crippen molar-refractivity contribution in [2.75, 3.05) is 12.3 Å². The van der Waals surface area contributed by atoms with Gasteiger partial charge in [-0.2, -0.15) is 22.7 Å². The van der Waals surface area contributed by atoms with Crippen molar-refractivity contribution in [2.45, 2.75) is 25.6 Å². The molecule has 1 aliphatic heterocycles. The third-order valence-corrected chi connectivity index (χ3v) is 6.26. The minimum absolute atomic E-state index is 0.0667. The van der Waals surface area contributed by atoms with Crippen LogP contribution in [0.5, 0.6) is 11.5 Å². The molecule has 28 heavy (non-hydrogen) atoms. The first-order valence-electron chi connectivity index (χ1n) is 8.51. The Kier molecular flexibility index (Phi) is 5.63. The van der Waals surface area contributed by atoms with Crippen LogP contribution in [0.4, 0.5) is 13.2 Å². The number of hydrogen-bond donors (Lipinski definition) is 0. The molecule has 148 valence electrons. The van der Waals surface area contributed by atoms with Crippen LogP contribution in [0.3, 0.4) is 0 Å². The Bertz CT molecular complexity index is 997. The summed E-state index contributed by atoms with van der Waals surface area (Å²) in [5.41, 5.74) is 1.01. The zero-order valence-electron chi connectivity index (χ0n) is 14.7. The third-order valence-electron chi connectivity index (χ3n) is 4.44. The van der Waals surface area contributed by atoms with Gasteiger partial charge >= 0.3 is 6.18 Å². The Morgan fingerprint density at radius 3 is 2.39 bits per heavy atom. The van der Waals surface area contributed by atoms with Crippen LogP contribution in [-0.2, 0) is 29.2 Å². The van der Waals surface area contributed by atoms with Gasteiger partial charge in [0.1, 0.15) is 11.5 Å². The molecule has 2 aromatic carbocycles. The smallest absolute Gasteiger partial charge is 0.416 e. The summed E-state index contributed by atoms with van der Waals surface area (Å²) in [5, 5.41) is 8.61. The van der Waals surface area contributed by atoms with Gasteiger partial charge in [0.05, 0.1) is 23.8 Å². The van der Waals surface area contributed by atoms with Crippen molar-refractivity contribution < 1.29 is 26.3 Å². The lowest BCUT2D eigenvalue weighted by Gasteiger charge is -2.28. The van der Waals surface area contributed by atoms with E-state index in [2.05, 4.69) is 0 Å². The van der Waals surface area contributed by atoms with Crippen LogP contribution in [0.15, 0.2) is 42.5 Å². The zero-order chi connectivity index (χ0) is 20.4. The van der Waals surface area contributed by atoms with Crippen LogP contribution in [0.2, 0.25) is 0 Å². The van der Waals surface area contributed by atoms with E-state index in [1.54, 1.807) is 12.1 Å². The highest BCUT2D eigenvalue weighted by Gasteiger charge is 2.30. The van der Waals surface area contributed by atoms with Crippen LogP contribution in [0, 0.1) is 11.3 Å². The number of fused-ring (bicyclic) bond motifs is 1. The van der Waals surface area contributed by atoms with Crippen molar-refractivity contribution in [2.24, 2.45) is 0 Å². The summed E-state index contributed by atoms with van der Waals surface area (Å²) < 4.78 is 69.5. The molecule has 0 N–H and O–H groups in total. The van der Waals surface area contributed by atoms with E-state index < -0.39 is 21.8 Å². The van der Waals surface area contributed by atoms with E-state index in [1.807, 2.05) is 12.1 Å². The second-order valence-corrected chi connectivity index (χ2v) is 8.45. The van der Waals surface area contributed by atoms with Crippen molar-refractivity contribution >= 4 is 10.0 Å². The van der Waals surface area contributed by atoms with Crippen LogP contribution in [0.25, 0.3) is 0 Å². The summed E-state index contributed by atoms with van der Waals surface area (Å²) in [6.45, 7) is 0.521. The molecular weight excluding hydrogens is 393 g/mol. The monoisotopic (exact) mass is 410 g/mol. The molecule has 2 aromatic rings. The van der Waals surface area contributed by atoms with Crippen LogP contribution >= 0.6 is 0 Å². The molecule has 3 rings (SSSR count). The van der Waals surface area contributed by atoms with Gasteiger partial charge in [-0.15, -0.1) is 0 Å². The van der Waals surface area contributed by atoms with Crippen molar-refractivity contribution in [3.8, 4) is 17.6 Å². The molecule has 1 aliphatic rings. The fourth-order valence-electron chi connectivity index (χ4n) is 2.96. The van der Waals surface area contributed by atoms with Crippen molar-refractivity contribution in [3.05, 3.63) is 59.2 Å². The lowest BCUT2D eigenvalue weighted by Crippen LogP contribution is -2.37. The quantitative estimate of drug-likeness (QED) is 0.744. The zero-order valence-corrected chi connectivity index (χ0v) is 15.6. The number of ether oxygens (including phenoxy) is 1. The van der Waals surface area contributed by atoms with E-state index in [-0.39, 0.29) is 24.5 Å². The highest BCUT2D eigenvalue weighted by molar-refractivity contribution is 7.89. The molecule has 0 unspecified atom stereocenters. The van der Waals surface area contributed by atoms with E-state index in [1.165, 1.54) is 16.4 Å². The first-order chi connectivity index (χ1) is 13.2. The summed E-state index contributed by atoms with van der Waals surface area (Å²) in [7, 11) is -3.52. The Morgan fingerprint density at radius 1 is 1.07 bits per heavy atom.